The lowest BCUT2D eigenvalue weighted by Gasteiger charge is -2.15. The minimum atomic E-state index is -3.59. The molecule has 1 aromatic heterocycles. The van der Waals surface area contributed by atoms with Crippen molar-refractivity contribution in [2.75, 3.05) is 0 Å². The zero-order valence-corrected chi connectivity index (χ0v) is 14.6. The Labute approximate surface area is 146 Å². The Balaban J connectivity index is 1.76. The van der Waals surface area contributed by atoms with Gasteiger partial charge < -0.3 is 4.57 Å². The monoisotopic (exact) mass is 360 g/mol. The Bertz CT molecular complexity index is 903. The van der Waals surface area contributed by atoms with Crippen molar-refractivity contribution in [2.24, 2.45) is 0 Å². The van der Waals surface area contributed by atoms with E-state index >= 15 is 0 Å². The van der Waals surface area contributed by atoms with E-state index in [1.54, 1.807) is 12.1 Å². The molecule has 0 saturated heterocycles. The number of sulfonamides is 1. The maximum absolute atomic E-state index is 12.4. The first-order valence-electron chi connectivity index (χ1n) is 7.47. The van der Waals surface area contributed by atoms with Crippen LogP contribution < -0.4 is 4.72 Å². The second kappa shape index (κ2) is 6.81. The van der Waals surface area contributed by atoms with Gasteiger partial charge in [-0.1, -0.05) is 23.7 Å². The van der Waals surface area contributed by atoms with Crippen molar-refractivity contribution >= 4 is 21.6 Å². The average Bonchev–Trinajstić information content (AvgIpc) is 3.09. The SMILES string of the molecule is CC(NS(=O)(=O)c1ccc(Cl)cc1)c1ccc(-n2cccc2)cc1. The first kappa shape index (κ1) is 16.8. The molecule has 24 heavy (non-hydrogen) atoms. The van der Waals surface area contributed by atoms with Crippen molar-refractivity contribution in [3.05, 3.63) is 83.6 Å². The van der Waals surface area contributed by atoms with E-state index in [1.165, 1.54) is 12.1 Å². The molecule has 3 aromatic rings. The molecule has 2 aromatic carbocycles. The molecule has 0 spiro atoms. The van der Waals surface area contributed by atoms with Crippen LogP contribution in [0.2, 0.25) is 5.02 Å². The summed E-state index contributed by atoms with van der Waals surface area (Å²) in [6.45, 7) is 1.82. The molecule has 0 radical (unpaired) electrons. The van der Waals surface area contributed by atoms with Gasteiger partial charge in [0.1, 0.15) is 0 Å². The third-order valence-corrected chi connectivity index (χ3v) is 5.56. The summed E-state index contributed by atoms with van der Waals surface area (Å²) in [7, 11) is -3.59. The molecule has 0 bridgehead atoms. The van der Waals surface area contributed by atoms with Crippen molar-refractivity contribution in [3.63, 3.8) is 0 Å². The second-order valence-corrected chi connectivity index (χ2v) is 7.63. The van der Waals surface area contributed by atoms with Gasteiger partial charge in [0.05, 0.1) is 4.90 Å². The molecular formula is C18H17ClN2O2S. The number of hydrogen-bond donors (Lipinski definition) is 1. The molecule has 0 aliphatic carbocycles. The lowest BCUT2D eigenvalue weighted by Crippen LogP contribution is -2.26. The maximum atomic E-state index is 12.4. The number of rotatable bonds is 5. The predicted octanol–water partition coefficient (Wildman–Crippen LogP) is 4.17. The summed E-state index contributed by atoms with van der Waals surface area (Å²) < 4.78 is 29.5. The highest BCUT2D eigenvalue weighted by Gasteiger charge is 2.18. The molecule has 0 aliphatic heterocycles. The van der Waals surface area contributed by atoms with Crippen LogP contribution in [-0.2, 0) is 10.0 Å². The van der Waals surface area contributed by atoms with Crippen LogP contribution in [0.5, 0.6) is 0 Å². The van der Waals surface area contributed by atoms with Gasteiger partial charge in [0, 0.05) is 29.1 Å². The molecule has 1 N–H and O–H groups in total. The molecule has 3 rings (SSSR count). The zero-order valence-electron chi connectivity index (χ0n) is 13.1. The van der Waals surface area contributed by atoms with Gasteiger partial charge >= 0.3 is 0 Å². The van der Waals surface area contributed by atoms with E-state index in [4.69, 9.17) is 11.6 Å². The minimum absolute atomic E-state index is 0.197. The Morgan fingerprint density at radius 1 is 0.958 bits per heavy atom. The molecule has 1 heterocycles. The number of nitrogens with one attached hydrogen (secondary N) is 1. The highest BCUT2D eigenvalue weighted by Crippen LogP contribution is 2.20. The van der Waals surface area contributed by atoms with Crippen LogP contribution in [0.1, 0.15) is 18.5 Å². The molecule has 0 aliphatic rings. The van der Waals surface area contributed by atoms with E-state index in [1.807, 2.05) is 60.3 Å². The van der Waals surface area contributed by atoms with Crippen LogP contribution in [0.4, 0.5) is 0 Å². The van der Waals surface area contributed by atoms with Gasteiger partial charge in [-0.05, 0) is 61.0 Å². The van der Waals surface area contributed by atoms with Crippen molar-refractivity contribution in [2.45, 2.75) is 17.9 Å². The summed E-state index contributed by atoms with van der Waals surface area (Å²) in [6, 6.07) is 17.4. The van der Waals surface area contributed by atoms with E-state index in [0.29, 0.717) is 5.02 Å². The lowest BCUT2D eigenvalue weighted by atomic mass is 10.1. The van der Waals surface area contributed by atoms with E-state index in [2.05, 4.69) is 4.72 Å². The van der Waals surface area contributed by atoms with E-state index in [9.17, 15) is 8.42 Å². The Morgan fingerprint density at radius 3 is 2.12 bits per heavy atom. The molecule has 1 unspecified atom stereocenters. The fourth-order valence-electron chi connectivity index (χ4n) is 2.42. The highest BCUT2D eigenvalue weighted by molar-refractivity contribution is 7.89. The molecular weight excluding hydrogens is 344 g/mol. The fraction of sp³-hybridized carbons (Fsp3) is 0.111. The second-order valence-electron chi connectivity index (χ2n) is 5.48. The standard InChI is InChI=1S/C18H17ClN2O2S/c1-14(20-24(22,23)18-10-6-16(19)7-11-18)15-4-8-17(9-5-15)21-12-2-3-13-21/h2-14,20H,1H3. The van der Waals surface area contributed by atoms with Crippen LogP contribution >= 0.6 is 11.6 Å². The van der Waals surface area contributed by atoms with Crippen LogP contribution in [0, 0.1) is 0 Å². The molecule has 0 amide bonds. The largest absolute Gasteiger partial charge is 0.324 e. The maximum Gasteiger partial charge on any atom is 0.241 e. The highest BCUT2D eigenvalue weighted by atomic mass is 35.5. The molecule has 0 fully saturated rings. The van der Waals surface area contributed by atoms with Crippen LogP contribution in [0.15, 0.2) is 78.0 Å². The Morgan fingerprint density at radius 2 is 1.54 bits per heavy atom. The summed E-state index contributed by atoms with van der Waals surface area (Å²) in [5, 5.41) is 0.502. The van der Waals surface area contributed by atoms with Crippen molar-refractivity contribution in [1.82, 2.24) is 9.29 Å². The fourth-order valence-corrected chi connectivity index (χ4v) is 3.78. The van der Waals surface area contributed by atoms with E-state index in [-0.39, 0.29) is 10.9 Å². The van der Waals surface area contributed by atoms with Crippen LogP contribution in [0.25, 0.3) is 5.69 Å². The first-order valence-corrected chi connectivity index (χ1v) is 9.33. The van der Waals surface area contributed by atoms with Crippen molar-refractivity contribution in [3.8, 4) is 5.69 Å². The number of halogens is 1. The zero-order chi connectivity index (χ0) is 17.2. The van der Waals surface area contributed by atoms with Crippen molar-refractivity contribution in [1.29, 1.82) is 0 Å². The summed E-state index contributed by atoms with van der Waals surface area (Å²) >= 11 is 5.80. The Hall–Kier alpha value is -2.08. The van der Waals surface area contributed by atoms with Gasteiger partial charge in [0.2, 0.25) is 10.0 Å². The topological polar surface area (TPSA) is 51.1 Å². The summed E-state index contributed by atoms with van der Waals surface area (Å²) in [5.41, 5.74) is 1.92. The summed E-state index contributed by atoms with van der Waals surface area (Å²) in [6.07, 6.45) is 3.92. The van der Waals surface area contributed by atoms with Gasteiger partial charge in [0.25, 0.3) is 0 Å². The van der Waals surface area contributed by atoms with Gasteiger partial charge in [-0.15, -0.1) is 0 Å². The smallest absolute Gasteiger partial charge is 0.241 e. The number of aromatic nitrogens is 1. The molecule has 6 heteroatoms. The lowest BCUT2D eigenvalue weighted by molar-refractivity contribution is 0.567. The molecule has 4 nitrogen and oxygen atoms in total. The minimum Gasteiger partial charge on any atom is -0.324 e. The first-order chi connectivity index (χ1) is 11.5. The summed E-state index contributed by atoms with van der Waals surface area (Å²) in [4.78, 5) is 0.197. The van der Waals surface area contributed by atoms with E-state index < -0.39 is 10.0 Å². The average molecular weight is 361 g/mol. The van der Waals surface area contributed by atoms with Gasteiger partial charge in [-0.2, -0.15) is 0 Å². The molecule has 124 valence electrons. The summed E-state index contributed by atoms with van der Waals surface area (Å²) in [5.74, 6) is 0. The predicted molar refractivity (Wildman–Crippen MR) is 96.0 cm³/mol. The number of hydrogen-bond acceptors (Lipinski definition) is 2. The quantitative estimate of drug-likeness (QED) is 0.742. The number of nitrogens with zero attached hydrogens (tertiary/aromatic N) is 1. The molecule has 1 atom stereocenters. The third kappa shape index (κ3) is 3.70. The van der Waals surface area contributed by atoms with Gasteiger partial charge in [-0.25, -0.2) is 13.1 Å². The van der Waals surface area contributed by atoms with Crippen LogP contribution in [0.3, 0.4) is 0 Å². The van der Waals surface area contributed by atoms with Crippen LogP contribution in [-0.4, -0.2) is 13.0 Å². The van der Waals surface area contributed by atoms with Gasteiger partial charge in [-0.3, -0.25) is 0 Å². The third-order valence-electron chi connectivity index (χ3n) is 3.75. The number of benzene rings is 2. The van der Waals surface area contributed by atoms with Crippen molar-refractivity contribution < 1.29 is 8.42 Å². The van der Waals surface area contributed by atoms with E-state index in [0.717, 1.165) is 11.3 Å². The van der Waals surface area contributed by atoms with Gasteiger partial charge in [0.15, 0.2) is 0 Å². The Kier molecular flexibility index (Phi) is 4.76. The molecule has 0 saturated carbocycles. The normalized spacial score (nSPS) is 12.9.